The molecule has 0 aliphatic heterocycles. The summed E-state index contributed by atoms with van der Waals surface area (Å²) in [6.07, 6.45) is 1.53. The fourth-order valence-corrected chi connectivity index (χ4v) is 2.40. The van der Waals surface area contributed by atoms with E-state index >= 15 is 0 Å². The number of nitrogens with one attached hydrogen (secondary N) is 2. The molecule has 1 unspecified atom stereocenters. The van der Waals surface area contributed by atoms with Crippen molar-refractivity contribution >= 4 is 46.7 Å². The lowest BCUT2D eigenvalue weighted by Gasteiger charge is -2.26. The summed E-state index contributed by atoms with van der Waals surface area (Å²) in [5, 5.41) is 5.03. The highest BCUT2D eigenvalue weighted by Gasteiger charge is 2.35. The average Bonchev–Trinajstić information content (AvgIpc) is 2.48. The van der Waals surface area contributed by atoms with Gasteiger partial charge in [-0.3, -0.25) is 5.32 Å². The first-order valence-corrected chi connectivity index (χ1v) is 7.72. The Bertz CT molecular complexity index is 692. The van der Waals surface area contributed by atoms with E-state index < -0.39 is 21.7 Å². The molecular formula is C15H13Cl3FN3O. The molecular weight excluding hydrogens is 364 g/mol. The molecule has 1 atom stereocenters. The van der Waals surface area contributed by atoms with Gasteiger partial charge in [-0.05, 0) is 36.2 Å². The summed E-state index contributed by atoms with van der Waals surface area (Å²) in [6, 6.07) is 7.73. The van der Waals surface area contributed by atoms with Crippen LogP contribution in [0.3, 0.4) is 0 Å². The highest BCUT2D eigenvalue weighted by atomic mass is 35.6. The molecule has 2 amide bonds. The number of halogens is 4. The first kappa shape index (κ1) is 17.8. The summed E-state index contributed by atoms with van der Waals surface area (Å²) < 4.78 is 11.9. The third-order valence-corrected chi connectivity index (χ3v) is 3.69. The summed E-state index contributed by atoms with van der Waals surface area (Å²) in [4.78, 5) is 16.0. The number of carbonyl (C=O) groups excluding carboxylic acids is 1. The normalized spacial score (nSPS) is 12.6. The van der Waals surface area contributed by atoms with E-state index in [1.807, 2.05) is 0 Å². The first-order chi connectivity index (χ1) is 10.8. The van der Waals surface area contributed by atoms with Crippen molar-refractivity contribution in [2.24, 2.45) is 0 Å². The molecule has 1 aromatic carbocycles. The molecule has 2 rings (SSSR count). The zero-order chi connectivity index (χ0) is 17.0. The summed E-state index contributed by atoms with van der Waals surface area (Å²) in [5.74, 6) is -0.114. The Hall–Kier alpha value is -1.56. The van der Waals surface area contributed by atoms with E-state index in [4.69, 9.17) is 34.8 Å². The zero-order valence-corrected chi connectivity index (χ0v) is 14.3. The van der Waals surface area contributed by atoms with Gasteiger partial charge in [-0.2, -0.15) is 0 Å². The minimum Gasteiger partial charge on any atom is -0.327 e. The van der Waals surface area contributed by atoms with Crippen LogP contribution < -0.4 is 10.6 Å². The van der Waals surface area contributed by atoms with Gasteiger partial charge in [-0.15, -0.1) is 0 Å². The second kappa shape index (κ2) is 7.34. The van der Waals surface area contributed by atoms with E-state index in [1.165, 1.54) is 12.3 Å². The predicted octanol–water partition coefficient (Wildman–Crippen LogP) is 4.76. The molecule has 0 aliphatic carbocycles. The lowest BCUT2D eigenvalue weighted by atomic mass is 10.1. The van der Waals surface area contributed by atoms with Crippen LogP contribution >= 0.6 is 34.8 Å². The third-order valence-electron chi connectivity index (χ3n) is 3.04. The van der Waals surface area contributed by atoms with Crippen molar-refractivity contribution in [3.05, 3.63) is 59.5 Å². The maximum Gasteiger partial charge on any atom is 0.321 e. The lowest BCUT2D eigenvalue weighted by molar-refractivity contribution is 0.248. The van der Waals surface area contributed by atoms with Gasteiger partial charge in [-0.1, -0.05) is 53.0 Å². The van der Waals surface area contributed by atoms with Gasteiger partial charge in [-0.25, -0.2) is 14.2 Å². The molecule has 1 aromatic heterocycles. The number of aromatic nitrogens is 1. The lowest BCUT2D eigenvalue weighted by Crippen LogP contribution is -2.39. The van der Waals surface area contributed by atoms with Crippen molar-refractivity contribution in [1.29, 1.82) is 0 Å². The first-order valence-electron chi connectivity index (χ1n) is 6.58. The quantitative estimate of drug-likeness (QED) is 0.759. The Morgan fingerprint density at radius 3 is 2.57 bits per heavy atom. The largest absolute Gasteiger partial charge is 0.327 e. The van der Waals surface area contributed by atoms with Gasteiger partial charge < -0.3 is 5.32 Å². The second-order valence-electron chi connectivity index (χ2n) is 4.80. The molecule has 0 aliphatic rings. The third kappa shape index (κ3) is 4.96. The van der Waals surface area contributed by atoms with Gasteiger partial charge in [0.15, 0.2) is 0 Å². The van der Waals surface area contributed by atoms with Gasteiger partial charge in [0.1, 0.15) is 17.7 Å². The fourth-order valence-electron chi connectivity index (χ4n) is 1.86. The minimum atomic E-state index is -1.86. The van der Waals surface area contributed by atoms with E-state index in [0.29, 0.717) is 16.9 Å². The maximum absolute atomic E-state index is 13.7. The number of benzene rings is 1. The summed E-state index contributed by atoms with van der Waals surface area (Å²) in [5.41, 5.74) is 0.791. The van der Waals surface area contributed by atoms with Crippen LogP contribution in [0.25, 0.3) is 0 Å². The van der Waals surface area contributed by atoms with Crippen molar-refractivity contribution in [2.45, 2.75) is 16.8 Å². The van der Waals surface area contributed by atoms with Crippen LogP contribution in [0.15, 0.2) is 42.6 Å². The van der Waals surface area contributed by atoms with E-state index in [1.54, 1.807) is 37.3 Å². The van der Waals surface area contributed by atoms with E-state index in [-0.39, 0.29) is 0 Å². The van der Waals surface area contributed by atoms with Crippen molar-refractivity contribution in [3.8, 4) is 0 Å². The number of carbonyl (C=O) groups is 1. The van der Waals surface area contributed by atoms with Crippen LogP contribution in [0.5, 0.6) is 0 Å². The Morgan fingerprint density at radius 1 is 1.26 bits per heavy atom. The van der Waals surface area contributed by atoms with Gasteiger partial charge in [0.2, 0.25) is 3.79 Å². The molecule has 0 saturated carbocycles. The maximum atomic E-state index is 13.7. The van der Waals surface area contributed by atoms with Crippen molar-refractivity contribution in [1.82, 2.24) is 10.3 Å². The standard InChI is InChI=1S/C15H13Cl3FN3O/c1-9-5-6-10(8-11(9)19)13(15(16,17)18)22-14(23)21-12-4-2-3-7-20-12/h2-8,13H,1H3,(H2,20,21,22,23). The Balaban J connectivity index is 2.19. The van der Waals surface area contributed by atoms with E-state index in [2.05, 4.69) is 15.6 Å². The fraction of sp³-hybridized carbons (Fsp3) is 0.200. The van der Waals surface area contributed by atoms with Gasteiger partial charge >= 0.3 is 6.03 Å². The van der Waals surface area contributed by atoms with Crippen molar-refractivity contribution in [2.75, 3.05) is 5.32 Å². The molecule has 2 aromatic rings. The highest BCUT2D eigenvalue weighted by molar-refractivity contribution is 6.68. The van der Waals surface area contributed by atoms with Crippen LogP contribution in [-0.4, -0.2) is 14.8 Å². The Kier molecular flexibility index (Phi) is 5.68. The summed E-state index contributed by atoms with van der Waals surface area (Å²) in [6.45, 7) is 1.62. The summed E-state index contributed by atoms with van der Waals surface area (Å²) >= 11 is 17.8. The van der Waals surface area contributed by atoms with E-state index in [9.17, 15) is 9.18 Å². The summed E-state index contributed by atoms with van der Waals surface area (Å²) in [7, 11) is 0. The van der Waals surface area contributed by atoms with Crippen LogP contribution in [0.4, 0.5) is 15.0 Å². The second-order valence-corrected chi connectivity index (χ2v) is 7.17. The molecule has 1 heterocycles. The molecule has 2 N–H and O–H groups in total. The monoisotopic (exact) mass is 375 g/mol. The SMILES string of the molecule is Cc1ccc(C(NC(=O)Nc2ccccn2)C(Cl)(Cl)Cl)cc1F. The number of hydrogen-bond donors (Lipinski definition) is 2. The average molecular weight is 377 g/mol. The predicted molar refractivity (Wildman–Crippen MR) is 90.6 cm³/mol. The molecule has 0 saturated heterocycles. The topological polar surface area (TPSA) is 54.0 Å². The molecule has 23 heavy (non-hydrogen) atoms. The van der Waals surface area contributed by atoms with Gasteiger partial charge in [0.05, 0.1) is 0 Å². The molecule has 0 spiro atoms. The number of nitrogens with zero attached hydrogens (tertiary/aromatic N) is 1. The molecule has 0 fully saturated rings. The van der Waals surface area contributed by atoms with Crippen LogP contribution in [-0.2, 0) is 0 Å². The number of rotatable bonds is 3. The highest BCUT2D eigenvalue weighted by Crippen LogP contribution is 2.40. The molecule has 122 valence electrons. The number of hydrogen-bond acceptors (Lipinski definition) is 2. The van der Waals surface area contributed by atoms with Crippen LogP contribution in [0, 0.1) is 12.7 Å². The Morgan fingerprint density at radius 2 is 2.00 bits per heavy atom. The van der Waals surface area contributed by atoms with Crippen LogP contribution in [0.2, 0.25) is 0 Å². The van der Waals surface area contributed by atoms with Crippen LogP contribution in [0.1, 0.15) is 17.2 Å². The number of anilines is 1. The molecule has 0 radical (unpaired) electrons. The zero-order valence-electron chi connectivity index (χ0n) is 12.0. The molecule has 4 nitrogen and oxygen atoms in total. The van der Waals surface area contributed by atoms with Gasteiger partial charge in [0.25, 0.3) is 0 Å². The number of amides is 2. The Labute approximate surface area is 148 Å². The molecule has 8 heteroatoms. The smallest absolute Gasteiger partial charge is 0.321 e. The van der Waals surface area contributed by atoms with E-state index in [0.717, 1.165) is 0 Å². The molecule has 0 bridgehead atoms. The minimum absolute atomic E-state index is 0.336. The number of pyridine rings is 1. The number of urea groups is 1. The number of aryl methyl sites for hydroxylation is 1. The van der Waals surface area contributed by atoms with Crippen molar-refractivity contribution in [3.63, 3.8) is 0 Å². The number of alkyl halides is 3. The van der Waals surface area contributed by atoms with Gasteiger partial charge in [0, 0.05) is 6.20 Å². The van der Waals surface area contributed by atoms with Crippen molar-refractivity contribution < 1.29 is 9.18 Å².